The van der Waals surface area contributed by atoms with Gasteiger partial charge in [-0.15, -0.1) is 10.2 Å². The van der Waals surface area contributed by atoms with Crippen molar-refractivity contribution >= 4 is 29.1 Å². The second-order valence-electron chi connectivity index (χ2n) is 10.2. The van der Waals surface area contributed by atoms with E-state index in [1.807, 2.05) is 0 Å². The molecule has 0 unspecified atom stereocenters. The summed E-state index contributed by atoms with van der Waals surface area (Å²) in [5.41, 5.74) is 2.35. The third kappa shape index (κ3) is 6.44. The van der Waals surface area contributed by atoms with E-state index in [1.54, 1.807) is 75.7 Å². The smallest absolute Gasteiger partial charge is 0.276 e. The number of hydrogen-bond donors (Lipinski definition) is 0. The number of hydrogen-bond acceptors (Lipinski definition) is 6. The lowest BCUT2D eigenvalue weighted by atomic mass is 10.1. The first-order valence-electron chi connectivity index (χ1n) is 13.5. The van der Waals surface area contributed by atoms with E-state index >= 15 is 0 Å². The monoisotopic (exact) mass is 575 g/mol. The number of fused-ring (bicyclic) bond motifs is 1. The molecule has 1 aliphatic heterocycles. The Kier molecular flexibility index (Phi) is 8.70. The molecule has 0 radical (unpaired) electrons. The maximum absolute atomic E-state index is 14.7. The lowest BCUT2D eigenvalue weighted by Crippen LogP contribution is -2.41. The van der Waals surface area contributed by atoms with Crippen molar-refractivity contribution < 1.29 is 14.0 Å². The first-order chi connectivity index (χ1) is 19.8. The molecule has 0 fully saturated rings. The first-order valence-corrected chi connectivity index (χ1v) is 13.9. The lowest BCUT2D eigenvalue weighted by molar-refractivity contribution is 0.0712. The van der Waals surface area contributed by atoms with Gasteiger partial charge in [-0.1, -0.05) is 23.7 Å². The topological polar surface area (TPSA) is 87.5 Å². The Morgan fingerprint density at radius 2 is 1.73 bits per heavy atom. The van der Waals surface area contributed by atoms with E-state index < -0.39 is 5.82 Å². The second kappa shape index (κ2) is 12.6. The Labute approximate surface area is 243 Å². The molecule has 11 heteroatoms. The van der Waals surface area contributed by atoms with E-state index in [4.69, 9.17) is 11.6 Å². The predicted molar refractivity (Wildman–Crippen MR) is 155 cm³/mol. The Morgan fingerprint density at radius 3 is 2.46 bits per heavy atom. The third-order valence-electron chi connectivity index (χ3n) is 7.23. The number of anilines is 1. The van der Waals surface area contributed by atoms with Gasteiger partial charge >= 0.3 is 0 Å². The number of benzene rings is 2. The Bertz CT molecular complexity index is 1510. The summed E-state index contributed by atoms with van der Waals surface area (Å²) in [5, 5.41) is 8.01. The fraction of sp³-hybridized carbons (Fsp3) is 0.300. The van der Waals surface area contributed by atoms with Gasteiger partial charge in [0.05, 0.1) is 16.3 Å². The average molecular weight is 576 g/mol. The second-order valence-corrected chi connectivity index (χ2v) is 10.6. The highest BCUT2D eigenvalue weighted by atomic mass is 35.5. The third-order valence-corrected chi connectivity index (χ3v) is 7.56. The number of carbonyl (C=O) groups is 2. The maximum atomic E-state index is 14.7. The van der Waals surface area contributed by atoms with Crippen molar-refractivity contribution in [3.05, 3.63) is 101 Å². The van der Waals surface area contributed by atoms with Crippen LogP contribution in [0.15, 0.2) is 73.4 Å². The van der Waals surface area contributed by atoms with Crippen molar-refractivity contribution in [1.29, 1.82) is 0 Å². The fourth-order valence-electron chi connectivity index (χ4n) is 4.99. The molecule has 5 rings (SSSR count). The van der Waals surface area contributed by atoms with Crippen LogP contribution in [-0.4, -0.2) is 73.6 Å². The summed E-state index contributed by atoms with van der Waals surface area (Å²) in [7, 11) is 0. The molecule has 2 amide bonds. The lowest BCUT2D eigenvalue weighted by Gasteiger charge is -2.30. The molecule has 212 valence electrons. The Morgan fingerprint density at radius 1 is 0.927 bits per heavy atom. The van der Waals surface area contributed by atoms with E-state index in [0.29, 0.717) is 60.1 Å². The normalized spacial score (nSPS) is 15.0. The van der Waals surface area contributed by atoms with Gasteiger partial charge in [0.15, 0.2) is 0 Å². The van der Waals surface area contributed by atoms with Gasteiger partial charge in [0, 0.05) is 50.6 Å². The summed E-state index contributed by atoms with van der Waals surface area (Å²) >= 11 is 6.55. The van der Waals surface area contributed by atoms with Crippen LogP contribution in [0.2, 0.25) is 5.02 Å². The number of aromatic nitrogens is 4. The Hall–Kier alpha value is -4.15. The maximum Gasteiger partial charge on any atom is 0.276 e. The number of rotatable bonds is 4. The molecule has 2 aromatic carbocycles. The van der Waals surface area contributed by atoms with Crippen LogP contribution in [-0.2, 0) is 6.54 Å². The molecule has 0 saturated carbocycles. The van der Waals surface area contributed by atoms with Crippen molar-refractivity contribution in [3.63, 3.8) is 0 Å². The summed E-state index contributed by atoms with van der Waals surface area (Å²) in [6.45, 7) is 6.46. The van der Waals surface area contributed by atoms with Crippen LogP contribution in [0, 0.1) is 5.82 Å². The summed E-state index contributed by atoms with van der Waals surface area (Å²) in [6, 6.07) is 14.9. The molecule has 0 atom stereocenters. The minimum atomic E-state index is -0.469. The van der Waals surface area contributed by atoms with Crippen molar-refractivity contribution in [2.24, 2.45) is 0 Å². The molecule has 41 heavy (non-hydrogen) atoms. The van der Waals surface area contributed by atoms with Gasteiger partial charge in [-0.25, -0.2) is 4.39 Å². The molecule has 4 aromatic rings. The van der Waals surface area contributed by atoms with E-state index in [1.165, 1.54) is 12.1 Å². The van der Waals surface area contributed by atoms with Gasteiger partial charge in [-0.05, 0) is 68.3 Å². The minimum absolute atomic E-state index is 0.152. The van der Waals surface area contributed by atoms with Crippen molar-refractivity contribution in [1.82, 2.24) is 29.5 Å². The molecule has 0 saturated heterocycles. The molecular weight excluding hydrogens is 545 g/mol. The molecule has 2 aromatic heterocycles. The van der Waals surface area contributed by atoms with Crippen LogP contribution in [0.1, 0.15) is 46.7 Å². The number of halogens is 2. The molecule has 0 aliphatic carbocycles. The first kappa shape index (κ1) is 28.4. The van der Waals surface area contributed by atoms with Crippen LogP contribution in [0.3, 0.4) is 0 Å². The summed E-state index contributed by atoms with van der Waals surface area (Å²) in [4.78, 5) is 37.6. The highest BCUT2D eigenvalue weighted by Gasteiger charge is 2.27. The molecule has 3 heterocycles. The molecular formula is C30H31ClFN7O2. The average Bonchev–Trinajstić information content (AvgIpc) is 3.51. The van der Waals surface area contributed by atoms with E-state index in [-0.39, 0.29) is 30.1 Å². The number of amides is 2. The van der Waals surface area contributed by atoms with Gasteiger partial charge in [-0.2, -0.15) is 0 Å². The quantitative estimate of drug-likeness (QED) is 0.345. The summed E-state index contributed by atoms with van der Waals surface area (Å²) in [6.07, 6.45) is 5.31. The molecule has 1 aliphatic rings. The summed E-state index contributed by atoms with van der Waals surface area (Å²) in [5.74, 6) is -1.06. The van der Waals surface area contributed by atoms with E-state index in [9.17, 15) is 14.0 Å². The molecule has 0 N–H and O–H groups in total. The van der Waals surface area contributed by atoms with Crippen LogP contribution in [0.5, 0.6) is 0 Å². The SMILES string of the molecule is CC(C)N1CCCN(C(=O)c2ccccn2)c2cc(F)ccc2CN(C(=O)c2cc(-n3cnnc3)ccc2Cl)CC1. The summed E-state index contributed by atoms with van der Waals surface area (Å²) < 4.78 is 16.4. The molecule has 9 nitrogen and oxygen atoms in total. The fourth-order valence-corrected chi connectivity index (χ4v) is 5.19. The number of pyridine rings is 1. The minimum Gasteiger partial charge on any atom is -0.333 e. The van der Waals surface area contributed by atoms with Crippen LogP contribution in [0.4, 0.5) is 10.1 Å². The number of nitrogens with zero attached hydrogens (tertiary/aromatic N) is 7. The van der Waals surface area contributed by atoms with Gasteiger partial charge in [0.2, 0.25) is 0 Å². The highest BCUT2D eigenvalue weighted by molar-refractivity contribution is 6.33. The molecule has 0 spiro atoms. The van der Waals surface area contributed by atoms with Crippen LogP contribution < -0.4 is 4.90 Å². The van der Waals surface area contributed by atoms with Crippen LogP contribution in [0.25, 0.3) is 5.69 Å². The van der Waals surface area contributed by atoms with Crippen molar-refractivity contribution in [3.8, 4) is 5.69 Å². The van der Waals surface area contributed by atoms with E-state index in [2.05, 4.69) is 33.9 Å². The predicted octanol–water partition coefficient (Wildman–Crippen LogP) is 4.86. The highest BCUT2D eigenvalue weighted by Crippen LogP contribution is 2.28. The van der Waals surface area contributed by atoms with E-state index in [0.717, 1.165) is 0 Å². The zero-order valence-corrected chi connectivity index (χ0v) is 23.7. The van der Waals surface area contributed by atoms with Gasteiger partial charge in [0.25, 0.3) is 11.8 Å². The standard InChI is InChI=1S/C30H31ClFN7O2/c1-21(2)36-12-5-13-39(30(41)27-6-3-4-11-33-27)28-16-23(32)8-7-22(28)18-37(15-14-36)29(40)25-17-24(9-10-26(25)31)38-19-34-35-20-38/h3-4,6-11,16-17,19-21H,5,12-15,18H2,1-2H3. The van der Waals surface area contributed by atoms with Crippen molar-refractivity contribution in [2.45, 2.75) is 32.9 Å². The Balaban J connectivity index is 1.56. The molecule has 0 bridgehead atoms. The van der Waals surface area contributed by atoms with Crippen LogP contribution >= 0.6 is 11.6 Å². The zero-order chi connectivity index (χ0) is 28.9. The number of carbonyl (C=O) groups excluding carboxylic acids is 2. The van der Waals surface area contributed by atoms with Gasteiger partial charge < -0.3 is 9.80 Å². The largest absolute Gasteiger partial charge is 0.333 e. The zero-order valence-electron chi connectivity index (χ0n) is 23.0. The van der Waals surface area contributed by atoms with Gasteiger partial charge in [0.1, 0.15) is 24.2 Å². The van der Waals surface area contributed by atoms with Crippen molar-refractivity contribution in [2.75, 3.05) is 31.1 Å². The van der Waals surface area contributed by atoms with Gasteiger partial charge in [-0.3, -0.25) is 24.0 Å².